The van der Waals surface area contributed by atoms with Gasteiger partial charge in [-0.1, -0.05) is 6.92 Å². The molecule has 0 spiro atoms. The minimum absolute atomic E-state index is 0.0955. The number of aryl methyl sites for hydroxylation is 2. The molecule has 4 nitrogen and oxygen atoms in total. The van der Waals surface area contributed by atoms with E-state index in [0.29, 0.717) is 12.3 Å². The standard InChI is InChI=1S/C15H23NO3/c1-5-11-9-10(2)13(19-11)14(17)16-8-6-7-12(16)15(3,4)18/h9,12,18H,5-8H2,1-4H3. The van der Waals surface area contributed by atoms with Gasteiger partial charge < -0.3 is 14.4 Å². The van der Waals surface area contributed by atoms with Crippen LogP contribution in [0.1, 0.15) is 55.5 Å². The lowest BCUT2D eigenvalue weighted by molar-refractivity contribution is -0.000847. The van der Waals surface area contributed by atoms with Gasteiger partial charge in [-0.05, 0) is 39.7 Å². The summed E-state index contributed by atoms with van der Waals surface area (Å²) in [5, 5.41) is 10.2. The van der Waals surface area contributed by atoms with Gasteiger partial charge in [0.15, 0.2) is 5.76 Å². The summed E-state index contributed by atoms with van der Waals surface area (Å²) in [6.07, 6.45) is 2.56. The molecule has 1 aliphatic rings. The number of amides is 1. The quantitative estimate of drug-likeness (QED) is 0.913. The molecule has 1 amide bonds. The Balaban J connectivity index is 2.25. The molecule has 1 aromatic rings. The van der Waals surface area contributed by atoms with Crippen molar-refractivity contribution in [3.8, 4) is 0 Å². The van der Waals surface area contributed by atoms with Gasteiger partial charge in [-0.3, -0.25) is 4.79 Å². The first kappa shape index (κ1) is 14.1. The fourth-order valence-electron chi connectivity index (χ4n) is 2.81. The molecule has 106 valence electrons. The number of likely N-dealkylation sites (tertiary alicyclic amines) is 1. The zero-order chi connectivity index (χ0) is 14.2. The van der Waals surface area contributed by atoms with Crippen LogP contribution >= 0.6 is 0 Å². The monoisotopic (exact) mass is 265 g/mol. The maximum Gasteiger partial charge on any atom is 0.290 e. The van der Waals surface area contributed by atoms with Crippen molar-refractivity contribution in [3.63, 3.8) is 0 Å². The molecule has 1 N–H and O–H groups in total. The first-order chi connectivity index (χ1) is 8.84. The lowest BCUT2D eigenvalue weighted by Crippen LogP contribution is -2.48. The van der Waals surface area contributed by atoms with Crippen LogP contribution in [0.15, 0.2) is 10.5 Å². The predicted molar refractivity (Wildman–Crippen MR) is 73.2 cm³/mol. The normalized spacial score (nSPS) is 20.1. The van der Waals surface area contributed by atoms with Crippen molar-refractivity contribution in [2.45, 2.75) is 58.6 Å². The van der Waals surface area contributed by atoms with Gasteiger partial charge in [-0.2, -0.15) is 0 Å². The number of rotatable bonds is 3. The summed E-state index contributed by atoms with van der Waals surface area (Å²) in [6.45, 7) is 8.10. The van der Waals surface area contributed by atoms with E-state index in [0.717, 1.165) is 30.6 Å². The van der Waals surface area contributed by atoms with Crippen molar-refractivity contribution in [2.24, 2.45) is 0 Å². The van der Waals surface area contributed by atoms with E-state index in [-0.39, 0.29) is 11.9 Å². The maximum absolute atomic E-state index is 12.6. The van der Waals surface area contributed by atoms with Crippen molar-refractivity contribution in [2.75, 3.05) is 6.54 Å². The lowest BCUT2D eigenvalue weighted by Gasteiger charge is -2.33. The van der Waals surface area contributed by atoms with Crippen LogP contribution in [0.2, 0.25) is 0 Å². The van der Waals surface area contributed by atoms with Crippen LogP contribution in [-0.4, -0.2) is 34.1 Å². The van der Waals surface area contributed by atoms with Crippen molar-refractivity contribution in [1.82, 2.24) is 4.90 Å². The topological polar surface area (TPSA) is 53.7 Å². The summed E-state index contributed by atoms with van der Waals surface area (Å²) in [5.74, 6) is 1.16. The molecule has 2 rings (SSSR count). The summed E-state index contributed by atoms with van der Waals surface area (Å²) in [6, 6.07) is 1.79. The molecule has 1 aromatic heterocycles. The molecular formula is C15H23NO3. The predicted octanol–water partition coefficient (Wildman–Crippen LogP) is 2.53. The Morgan fingerprint density at radius 3 is 2.79 bits per heavy atom. The number of furan rings is 1. The molecular weight excluding hydrogens is 242 g/mol. The number of aliphatic hydroxyl groups is 1. The Morgan fingerprint density at radius 1 is 1.58 bits per heavy atom. The number of hydrogen-bond donors (Lipinski definition) is 1. The van der Waals surface area contributed by atoms with Crippen LogP contribution in [0, 0.1) is 6.92 Å². The maximum atomic E-state index is 12.6. The van der Waals surface area contributed by atoms with Crippen molar-refractivity contribution in [3.05, 3.63) is 23.2 Å². The summed E-state index contributed by atoms with van der Waals surface area (Å²) in [5.41, 5.74) is 0.00325. The van der Waals surface area contributed by atoms with Gasteiger partial charge in [-0.25, -0.2) is 0 Å². The van der Waals surface area contributed by atoms with E-state index >= 15 is 0 Å². The van der Waals surface area contributed by atoms with E-state index in [1.807, 2.05) is 19.9 Å². The third-order valence-electron chi connectivity index (χ3n) is 3.84. The fraction of sp³-hybridized carbons (Fsp3) is 0.667. The fourth-order valence-corrected chi connectivity index (χ4v) is 2.81. The SMILES string of the molecule is CCc1cc(C)c(C(=O)N2CCCC2C(C)(C)O)o1. The van der Waals surface area contributed by atoms with E-state index < -0.39 is 5.60 Å². The lowest BCUT2D eigenvalue weighted by atomic mass is 9.96. The molecule has 4 heteroatoms. The van der Waals surface area contributed by atoms with E-state index in [4.69, 9.17) is 4.42 Å². The molecule has 0 aliphatic carbocycles. The number of carbonyl (C=O) groups excluding carboxylic acids is 1. The summed E-state index contributed by atoms with van der Waals surface area (Å²) in [4.78, 5) is 14.3. The van der Waals surface area contributed by atoms with Crippen molar-refractivity contribution < 1.29 is 14.3 Å². The molecule has 0 aromatic carbocycles. The highest BCUT2D eigenvalue weighted by molar-refractivity contribution is 5.93. The van der Waals surface area contributed by atoms with Gasteiger partial charge in [0.25, 0.3) is 5.91 Å². The molecule has 2 heterocycles. The first-order valence-electron chi connectivity index (χ1n) is 6.97. The average Bonchev–Trinajstić information content (AvgIpc) is 2.93. The Labute approximate surface area is 114 Å². The Bertz CT molecular complexity index is 470. The van der Waals surface area contributed by atoms with E-state index in [1.165, 1.54) is 0 Å². The number of carbonyl (C=O) groups is 1. The third-order valence-corrected chi connectivity index (χ3v) is 3.84. The highest BCUT2D eigenvalue weighted by Gasteiger charge is 2.39. The van der Waals surface area contributed by atoms with Crippen LogP contribution in [0.4, 0.5) is 0 Å². The summed E-state index contributed by atoms with van der Waals surface area (Å²) < 4.78 is 5.63. The zero-order valence-electron chi connectivity index (χ0n) is 12.2. The number of nitrogens with zero attached hydrogens (tertiary/aromatic N) is 1. The van der Waals surface area contributed by atoms with E-state index in [9.17, 15) is 9.90 Å². The first-order valence-corrected chi connectivity index (χ1v) is 6.97. The molecule has 19 heavy (non-hydrogen) atoms. The molecule has 0 bridgehead atoms. The molecule has 1 unspecified atom stereocenters. The van der Waals surface area contributed by atoms with Gasteiger partial charge in [0.1, 0.15) is 5.76 Å². The molecule has 1 atom stereocenters. The largest absolute Gasteiger partial charge is 0.456 e. The molecule has 1 fully saturated rings. The smallest absolute Gasteiger partial charge is 0.290 e. The second-order valence-corrected chi connectivity index (χ2v) is 5.89. The van der Waals surface area contributed by atoms with Gasteiger partial charge in [0, 0.05) is 18.5 Å². The van der Waals surface area contributed by atoms with Gasteiger partial charge in [0.2, 0.25) is 0 Å². The van der Waals surface area contributed by atoms with Crippen molar-refractivity contribution in [1.29, 1.82) is 0 Å². The van der Waals surface area contributed by atoms with E-state index in [2.05, 4.69) is 0 Å². The second-order valence-electron chi connectivity index (χ2n) is 5.89. The zero-order valence-corrected chi connectivity index (χ0v) is 12.2. The Hall–Kier alpha value is -1.29. The average molecular weight is 265 g/mol. The minimum atomic E-state index is -0.875. The molecule has 0 radical (unpaired) electrons. The minimum Gasteiger partial charge on any atom is -0.456 e. The van der Waals surface area contributed by atoms with Gasteiger partial charge in [0.05, 0.1) is 11.6 Å². The molecule has 0 saturated carbocycles. The molecule has 1 aliphatic heterocycles. The highest BCUT2D eigenvalue weighted by Crippen LogP contribution is 2.29. The highest BCUT2D eigenvalue weighted by atomic mass is 16.4. The van der Waals surface area contributed by atoms with Crippen LogP contribution in [0.3, 0.4) is 0 Å². The van der Waals surface area contributed by atoms with Gasteiger partial charge >= 0.3 is 0 Å². The van der Waals surface area contributed by atoms with Crippen molar-refractivity contribution >= 4 is 5.91 Å². The number of hydrogen-bond acceptors (Lipinski definition) is 3. The molecule has 1 saturated heterocycles. The van der Waals surface area contributed by atoms with Crippen LogP contribution in [-0.2, 0) is 6.42 Å². The second kappa shape index (κ2) is 5.00. The van der Waals surface area contributed by atoms with Crippen LogP contribution < -0.4 is 0 Å². The summed E-state index contributed by atoms with van der Waals surface area (Å²) >= 11 is 0. The van der Waals surface area contributed by atoms with E-state index in [1.54, 1.807) is 18.7 Å². The van der Waals surface area contributed by atoms with Crippen LogP contribution in [0.25, 0.3) is 0 Å². The summed E-state index contributed by atoms with van der Waals surface area (Å²) in [7, 11) is 0. The van der Waals surface area contributed by atoms with Gasteiger partial charge in [-0.15, -0.1) is 0 Å². The third kappa shape index (κ3) is 2.68. The Kier molecular flexibility index (Phi) is 3.72. The Morgan fingerprint density at radius 2 is 2.26 bits per heavy atom. The van der Waals surface area contributed by atoms with Crippen LogP contribution in [0.5, 0.6) is 0 Å².